The van der Waals surface area contributed by atoms with Crippen molar-refractivity contribution in [3.63, 3.8) is 0 Å². The van der Waals surface area contributed by atoms with Crippen molar-refractivity contribution in [3.05, 3.63) is 47.8 Å². The maximum atomic E-state index is 13.7. The van der Waals surface area contributed by atoms with Gasteiger partial charge >= 0.3 is 0 Å². The summed E-state index contributed by atoms with van der Waals surface area (Å²) in [6.45, 7) is 5.96. The fourth-order valence-electron chi connectivity index (χ4n) is 2.71. The van der Waals surface area contributed by atoms with Gasteiger partial charge in [-0.05, 0) is 37.6 Å². The summed E-state index contributed by atoms with van der Waals surface area (Å²) >= 11 is 0. The van der Waals surface area contributed by atoms with Gasteiger partial charge in [-0.25, -0.2) is 9.37 Å². The van der Waals surface area contributed by atoms with E-state index in [2.05, 4.69) is 17.2 Å². The summed E-state index contributed by atoms with van der Waals surface area (Å²) in [6, 6.07) is 5.32. The monoisotopic (exact) mass is 259 g/mol. The Bertz CT molecular complexity index is 597. The second kappa shape index (κ2) is 4.46. The van der Waals surface area contributed by atoms with Crippen molar-refractivity contribution in [2.24, 2.45) is 0 Å². The molecule has 0 saturated carbocycles. The minimum absolute atomic E-state index is 0.0673. The second-order valence-electron chi connectivity index (χ2n) is 5.57. The van der Waals surface area contributed by atoms with Gasteiger partial charge in [-0.1, -0.05) is 13.0 Å². The van der Waals surface area contributed by atoms with E-state index in [4.69, 9.17) is 0 Å². The Morgan fingerprint density at radius 3 is 2.95 bits per heavy atom. The highest BCUT2D eigenvalue weighted by Crippen LogP contribution is 2.31. The Morgan fingerprint density at radius 1 is 1.42 bits per heavy atom. The van der Waals surface area contributed by atoms with E-state index < -0.39 is 0 Å². The van der Waals surface area contributed by atoms with Gasteiger partial charge in [0.2, 0.25) is 0 Å². The number of nitrogens with zero attached hydrogens (tertiary/aromatic N) is 2. The Balaban J connectivity index is 2.06. The van der Waals surface area contributed by atoms with Crippen molar-refractivity contribution in [3.8, 4) is 5.69 Å². The van der Waals surface area contributed by atoms with Crippen molar-refractivity contribution in [2.75, 3.05) is 13.1 Å². The van der Waals surface area contributed by atoms with Gasteiger partial charge in [0.1, 0.15) is 5.82 Å². The standard InChI is InChI=1S/C15H18FN3/c1-11-3-4-12(7-13(11)16)19-10-18-8-14(19)15(2)5-6-17-9-15/h3-4,7-8,10,17H,5-6,9H2,1-2H3. The summed E-state index contributed by atoms with van der Waals surface area (Å²) < 4.78 is 15.7. The van der Waals surface area contributed by atoms with Crippen molar-refractivity contribution in [2.45, 2.75) is 25.7 Å². The van der Waals surface area contributed by atoms with Crippen LogP contribution < -0.4 is 5.32 Å². The van der Waals surface area contributed by atoms with Crippen LogP contribution in [0.4, 0.5) is 4.39 Å². The van der Waals surface area contributed by atoms with Crippen LogP contribution in [0.5, 0.6) is 0 Å². The summed E-state index contributed by atoms with van der Waals surface area (Å²) in [7, 11) is 0. The van der Waals surface area contributed by atoms with Crippen molar-refractivity contribution < 1.29 is 4.39 Å². The van der Waals surface area contributed by atoms with Gasteiger partial charge in [0, 0.05) is 29.5 Å². The number of hydrogen-bond donors (Lipinski definition) is 1. The van der Waals surface area contributed by atoms with Crippen LogP contribution in [0.25, 0.3) is 5.69 Å². The van der Waals surface area contributed by atoms with E-state index in [1.807, 2.05) is 22.9 Å². The van der Waals surface area contributed by atoms with Gasteiger partial charge in [0.25, 0.3) is 0 Å². The van der Waals surface area contributed by atoms with Gasteiger partial charge in [0.05, 0.1) is 6.33 Å². The Labute approximate surface area is 112 Å². The normalized spacial score (nSPS) is 22.9. The molecular formula is C15H18FN3. The highest BCUT2D eigenvalue weighted by molar-refractivity contribution is 5.38. The third-order valence-electron chi connectivity index (χ3n) is 4.06. The van der Waals surface area contributed by atoms with E-state index >= 15 is 0 Å². The van der Waals surface area contributed by atoms with Crippen LogP contribution in [-0.4, -0.2) is 22.6 Å². The van der Waals surface area contributed by atoms with Crippen LogP contribution in [0.15, 0.2) is 30.7 Å². The van der Waals surface area contributed by atoms with E-state index in [-0.39, 0.29) is 11.2 Å². The smallest absolute Gasteiger partial charge is 0.128 e. The lowest BCUT2D eigenvalue weighted by Crippen LogP contribution is -2.27. The zero-order chi connectivity index (χ0) is 13.5. The summed E-state index contributed by atoms with van der Waals surface area (Å²) in [5.74, 6) is -0.174. The first kappa shape index (κ1) is 12.4. The van der Waals surface area contributed by atoms with Crippen LogP contribution in [-0.2, 0) is 5.41 Å². The number of benzene rings is 1. The van der Waals surface area contributed by atoms with Gasteiger partial charge in [0.15, 0.2) is 0 Å². The highest BCUT2D eigenvalue weighted by atomic mass is 19.1. The molecule has 1 aromatic heterocycles. The quantitative estimate of drug-likeness (QED) is 0.898. The van der Waals surface area contributed by atoms with E-state index in [0.717, 1.165) is 30.9 Å². The summed E-state index contributed by atoms with van der Waals surface area (Å²) in [4.78, 5) is 4.25. The first-order valence-electron chi connectivity index (χ1n) is 6.60. The third kappa shape index (κ3) is 2.06. The average Bonchev–Trinajstić information content (AvgIpc) is 3.02. The number of nitrogens with one attached hydrogen (secondary N) is 1. The molecule has 0 radical (unpaired) electrons. The minimum Gasteiger partial charge on any atom is -0.316 e. The number of imidazole rings is 1. The minimum atomic E-state index is -0.174. The molecule has 100 valence electrons. The van der Waals surface area contributed by atoms with E-state index in [0.29, 0.717) is 5.56 Å². The summed E-state index contributed by atoms with van der Waals surface area (Å²) in [6.07, 6.45) is 4.74. The largest absolute Gasteiger partial charge is 0.316 e. The molecule has 1 unspecified atom stereocenters. The number of aromatic nitrogens is 2. The molecule has 1 aliphatic rings. The molecule has 2 heterocycles. The molecule has 1 fully saturated rings. The summed E-state index contributed by atoms with van der Waals surface area (Å²) in [5, 5.41) is 3.39. The maximum absolute atomic E-state index is 13.7. The van der Waals surface area contributed by atoms with Crippen LogP contribution in [0, 0.1) is 12.7 Å². The molecule has 4 heteroatoms. The fourth-order valence-corrected chi connectivity index (χ4v) is 2.71. The number of halogens is 1. The summed E-state index contributed by atoms with van der Waals surface area (Å²) in [5.41, 5.74) is 2.71. The van der Waals surface area contributed by atoms with Gasteiger partial charge in [-0.2, -0.15) is 0 Å². The van der Waals surface area contributed by atoms with E-state index in [1.54, 1.807) is 19.3 Å². The molecule has 3 nitrogen and oxygen atoms in total. The predicted molar refractivity (Wildman–Crippen MR) is 73.1 cm³/mol. The SMILES string of the molecule is Cc1ccc(-n2cncc2C2(C)CCNC2)cc1F. The lowest BCUT2D eigenvalue weighted by molar-refractivity contribution is 0.498. The molecule has 1 atom stereocenters. The molecule has 19 heavy (non-hydrogen) atoms. The lowest BCUT2D eigenvalue weighted by atomic mass is 9.86. The molecule has 3 rings (SSSR count). The van der Waals surface area contributed by atoms with E-state index in [1.165, 1.54) is 0 Å². The topological polar surface area (TPSA) is 29.9 Å². The van der Waals surface area contributed by atoms with Crippen molar-refractivity contribution in [1.82, 2.24) is 14.9 Å². The molecule has 1 saturated heterocycles. The molecule has 2 aromatic rings. The second-order valence-corrected chi connectivity index (χ2v) is 5.57. The van der Waals surface area contributed by atoms with Crippen LogP contribution in [0.2, 0.25) is 0 Å². The molecule has 1 aliphatic heterocycles. The molecule has 1 aromatic carbocycles. The molecule has 0 bridgehead atoms. The zero-order valence-corrected chi connectivity index (χ0v) is 11.3. The van der Waals surface area contributed by atoms with Crippen molar-refractivity contribution in [1.29, 1.82) is 0 Å². The van der Waals surface area contributed by atoms with Crippen LogP contribution in [0.1, 0.15) is 24.6 Å². The van der Waals surface area contributed by atoms with Gasteiger partial charge < -0.3 is 9.88 Å². The highest BCUT2D eigenvalue weighted by Gasteiger charge is 2.33. The van der Waals surface area contributed by atoms with Gasteiger partial charge in [-0.3, -0.25) is 0 Å². The Kier molecular flexibility index (Phi) is 2.90. The number of aryl methyl sites for hydroxylation is 1. The molecule has 0 amide bonds. The maximum Gasteiger partial charge on any atom is 0.128 e. The number of rotatable bonds is 2. The first-order chi connectivity index (χ1) is 9.10. The Morgan fingerprint density at radius 2 is 2.26 bits per heavy atom. The molecule has 0 aliphatic carbocycles. The average molecular weight is 259 g/mol. The number of hydrogen-bond acceptors (Lipinski definition) is 2. The van der Waals surface area contributed by atoms with Gasteiger partial charge in [-0.15, -0.1) is 0 Å². The first-order valence-corrected chi connectivity index (χ1v) is 6.60. The van der Waals surface area contributed by atoms with Crippen LogP contribution >= 0.6 is 0 Å². The molecule has 0 spiro atoms. The van der Waals surface area contributed by atoms with Crippen LogP contribution in [0.3, 0.4) is 0 Å². The fraction of sp³-hybridized carbons (Fsp3) is 0.400. The lowest BCUT2D eigenvalue weighted by Gasteiger charge is -2.24. The third-order valence-corrected chi connectivity index (χ3v) is 4.06. The van der Waals surface area contributed by atoms with E-state index in [9.17, 15) is 4.39 Å². The molecular weight excluding hydrogens is 241 g/mol. The predicted octanol–water partition coefficient (Wildman–Crippen LogP) is 2.57. The Hall–Kier alpha value is -1.68. The zero-order valence-electron chi connectivity index (χ0n) is 11.3. The van der Waals surface area contributed by atoms with Crippen molar-refractivity contribution >= 4 is 0 Å². The molecule has 1 N–H and O–H groups in total.